The number of sulfonamides is 1. The number of hydrogen-bond donors (Lipinski definition) is 1. The molecular weight excluding hydrogens is 423 g/mol. The van der Waals surface area contributed by atoms with Gasteiger partial charge in [0.05, 0.1) is 11.9 Å². The minimum absolute atomic E-state index is 0.219. The molecule has 28 heavy (non-hydrogen) atoms. The molecule has 1 amide bonds. The summed E-state index contributed by atoms with van der Waals surface area (Å²) < 4.78 is 39.7. The van der Waals surface area contributed by atoms with Gasteiger partial charge in [-0.05, 0) is 36.6 Å². The number of nitrogens with one attached hydrogen (secondary N) is 1. The first-order valence-electron chi connectivity index (χ1n) is 8.64. The lowest BCUT2D eigenvalue weighted by molar-refractivity contribution is -0.117. The van der Waals surface area contributed by atoms with Crippen molar-refractivity contribution in [3.8, 4) is 0 Å². The molecule has 0 saturated heterocycles. The van der Waals surface area contributed by atoms with Crippen LogP contribution in [0.25, 0.3) is 0 Å². The first-order chi connectivity index (χ1) is 13.1. The molecule has 0 aliphatic carbocycles. The van der Waals surface area contributed by atoms with Crippen molar-refractivity contribution in [3.63, 3.8) is 0 Å². The number of carbonyl (C=O) groups is 1. The van der Waals surface area contributed by atoms with E-state index < -0.39 is 27.8 Å². The molecule has 0 unspecified atom stereocenters. The summed E-state index contributed by atoms with van der Waals surface area (Å²) >= 11 is 2.79. The van der Waals surface area contributed by atoms with Crippen LogP contribution in [0.4, 0.5) is 15.2 Å². The smallest absolute Gasteiger partial charge is 0.250 e. The van der Waals surface area contributed by atoms with E-state index in [4.69, 9.17) is 0 Å². The summed E-state index contributed by atoms with van der Waals surface area (Å²) in [6.07, 6.45) is 1.24. The lowest BCUT2D eigenvalue weighted by Gasteiger charge is -2.29. The van der Waals surface area contributed by atoms with Crippen molar-refractivity contribution in [2.24, 2.45) is 5.92 Å². The Morgan fingerprint density at radius 3 is 2.46 bits per heavy atom. The van der Waals surface area contributed by atoms with Crippen molar-refractivity contribution in [3.05, 3.63) is 30.1 Å². The van der Waals surface area contributed by atoms with Crippen LogP contribution >= 0.6 is 23.1 Å². The second-order valence-electron chi connectivity index (χ2n) is 6.53. The summed E-state index contributed by atoms with van der Waals surface area (Å²) in [6.45, 7) is 5.89. The van der Waals surface area contributed by atoms with Gasteiger partial charge in [0, 0.05) is 5.75 Å². The third kappa shape index (κ3) is 6.14. The minimum atomic E-state index is -3.78. The predicted octanol–water partition coefficient (Wildman–Crippen LogP) is 3.61. The molecule has 0 spiro atoms. The fraction of sp³-hybridized carbons (Fsp3) is 0.471. The van der Waals surface area contributed by atoms with E-state index in [0.717, 1.165) is 32.8 Å². The van der Waals surface area contributed by atoms with E-state index in [2.05, 4.69) is 29.4 Å². The summed E-state index contributed by atoms with van der Waals surface area (Å²) in [6, 6.07) is 3.97. The van der Waals surface area contributed by atoms with Gasteiger partial charge in [-0.15, -0.1) is 10.2 Å². The molecule has 154 valence electrons. The molecule has 0 saturated carbocycles. The molecule has 0 fully saturated rings. The number of aromatic nitrogens is 2. The largest absolute Gasteiger partial charge is 0.299 e. The third-order valence-corrected chi connectivity index (χ3v) is 7.17. The summed E-state index contributed by atoms with van der Waals surface area (Å²) in [5.41, 5.74) is 0.219. The molecule has 0 aliphatic heterocycles. The van der Waals surface area contributed by atoms with Crippen molar-refractivity contribution in [1.29, 1.82) is 0 Å². The van der Waals surface area contributed by atoms with E-state index in [0.29, 0.717) is 11.0 Å². The molecule has 0 aliphatic rings. The number of hydrogen-bond acceptors (Lipinski definition) is 7. The van der Waals surface area contributed by atoms with Crippen LogP contribution in [-0.4, -0.2) is 42.6 Å². The zero-order valence-corrected chi connectivity index (χ0v) is 18.5. The van der Waals surface area contributed by atoms with E-state index in [-0.39, 0.29) is 12.1 Å². The predicted molar refractivity (Wildman–Crippen MR) is 112 cm³/mol. The van der Waals surface area contributed by atoms with E-state index >= 15 is 0 Å². The van der Waals surface area contributed by atoms with Crippen LogP contribution in [0, 0.1) is 11.7 Å². The zero-order valence-electron chi connectivity index (χ0n) is 16.0. The SMILES string of the molecule is CC[C@H](C(=O)Nc1nnc(SCC(C)C)s1)N(c1ccc(F)cc1)S(C)(=O)=O. The summed E-state index contributed by atoms with van der Waals surface area (Å²) in [5, 5.41) is 10.9. The van der Waals surface area contributed by atoms with Gasteiger partial charge in [0.1, 0.15) is 11.9 Å². The highest BCUT2D eigenvalue weighted by atomic mass is 32.2. The van der Waals surface area contributed by atoms with Gasteiger partial charge in [0.2, 0.25) is 21.1 Å². The van der Waals surface area contributed by atoms with Gasteiger partial charge in [-0.25, -0.2) is 12.8 Å². The average molecular weight is 447 g/mol. The van der Waals surface area contributed by atoms with Crippen LogP contribution < -0.4 is 9.62 Å². The number of anilines is 2. The second kappa shape index (κ2) is 9.66. The number of carbonyl (C=O) groups excluding carboxylic acids is 1. The van der Waals surface area contributed by atoms with Gasteiger partial charge < -0.3 is 0 Å². The molecule has 2 rings (SSSR count). The van der Waals surface area contributed by atoms with E-state index in [9.17, 15) is 17.6 Å². The number of thioether (sulfide) groups is 1. The Morgan fingerprint density at radius 2 is 1.93 bits per heavy atom. The number of amides is 1. The first-order valence-corrected chi connectivity index (χ1v) is 12.3. The molecule has 0 radical (unpaired) electrons. The Balaban J connectivity index is 2.21. The fourth-order valence-electron chi connectivity index (χ4n) is 2.39. The highest BCUT2D eigenvalue weighted by Gasteiger charge is 2.32. The van der Waals surface area contributed by atoms with E-state index in [1.807, 2.05) is 0 Å². The van der Waals surface area contributed by atoms with Crippen LogP contribution in [0.5, 0.6) is 0 Å². The van der Waals surface area contributed by atoms with Crippen LogP contribution in [0.2, 0.25) is 0 Å². The Hall–Kier alpha value is -1.72. The molecular formula is C17H23FN4O3S3. The number of nitrogens with zero attached hydrogens (tertiary/aromatic N) is 3. The van der Waals surface area contributed by atoms with Gasteiger partial charge >= 0.3 is 0 Å². The van der Waals surface area contributed by atoms with Crippen molar-refractivity contribution in [2.45, 2.75) is 37.6 Å². The first kappa shape index (κ1) is 22.6. The molecule has 7 nitrogen and oxygen atoms in total. The number of benzene rings is 1. The second-order valence-corrected chi connectivity index (χ2v) is 10.6. The Morgan fingerprint density at radius 1 is 1.29 bits per heavy atom. The summed E-state index contributed by atoms with van der Waals surface area (Å²) in [4.78, 5) is 12.8. The maximum absolute atomic E-state index is 13.2. The van der Waals surface area contributed by atoms with Gasteiger partial charge in [0.15, 0.2) is 4.34 Å². The van der Waals surface area contributed by atoms with Crippen molar-refractivity contribution < 1.29 is 17.6 Å². The topological polar surface area (TPSA) is 92.3 Å². The fourth-order valence-corrected chi connectivity index (χ4v) is 5.34. The highest BCUT2D eigenvalue weighted by Crippen LogP contribution is 2.28. The molecule has 2 aromatic rings. The number of halogens is 1. The van der Waals surface area contributed by atoms with Crippen LogP contribution in [0.1, 0.15) is 27.2 Å². The Kier molecular flexibility index (Phi) is 7.79. The maximum Gasteiger partial charge on any atom is 0.250 e. The molecule has 11 heteroatoms. The molecule has 1 heterocycles. The normalized spacial score (nSPS) is 12.8. The van der Waals surface area contributed by atoms with Crippen molar-refractivity contribution in [2.75, 3.05) is 21.6 Å². The lowest BCUT2D eigenvalue weighted by atomic mass is 10.2. The quantitative estimate of drug-likeness (QED) is 0.467. The Bertz CT molecular complexity index is 901. The van der Waals surface area contributed by atoms with Gasteiger partial charge in [-0.1, -0.05) is 43.9 Å². The van der Waals surface area contributed by atoms with Crippen LogP contribution in [-0.2, 0) is 14.8 Å². The lowest BCUT2D eigenvalue weighted by Crippen LogP contribution is -2.47. The Labute approximate surface area is 172 Å². The van der Waals surface area contributed by atoms with Crippen LogP contribution in [0.15, 0.2) is 28.6 Å². The molecule has 1 N–H and O–H groups in total. The average Bonchev–Trinajstić information content (AvgIpc) is 3.05. The van der Waals surface area contributed by atoms with Crippen molar-refractivity contribution in [1.82, 2.24) is 10.2 Å². The molecule has 1 aromatic heterocycles. The zero-order chi connectivity index (χ0) is 20.9. The molecule has 1 atom stereocenters. The molecule has 1 aromatic carbocycles. The minimum Gasteiger partial charge on any atom is -0.299 e. The molecule has 0 bridgehead atoms. The van der Waals surface area contributed by atoms with Gasteiger partial charge in [-0.2, -0.15) is 0 Å². The summed E-state index contributed by atoms with van der Waals surface area (Å²) in [5.74, 6) is 0.367. The highest BCUT2D eigenvalue weighted by molar-refractivity contribution is 8.01. The van der Waals surface area contributed by atoms with Gasteiger partial charge in [-0.3, -0.25) is 14.4 Å². The van der Waals surface area contributed by atoms with Gasteiger partial charge in [0.25, 0.3) is 0 Å². The van der Waals surface area contributed by atoms with Crippen LogP contribution in [0.3, 0.4) is 0 Å². The van der Waals surface area contributed by atoms with E-state index in [1.165, 1.54) is 23.5 Å². The maximum atomic E-state index is 13.2. The monoisotopic (exact) mass is 446 g/mol. The standard InChI is InChI=1S/C17H23FN4O3S3/c1-5-14(22(28(4,24)25)13-8-6-12(18)7-9-13)15(23)19-16-20-21-17(27-16)26-10-11(2)3/h6-9,11,14H,5,10H2,1-4H3,(H,19,20,23)/t14-/m1/s1. The number of rotatable bonds is 9. The van der Waals surface area contributed by atoms with E-state index in [1.54, 1.807) is 18.7 Å². The third-order valence-electron chi connectivity index (χ3n) is 3.59. The summed E-state index contributed by atoms with van der Waals surface area (Å²) in [7, 11) is -3.78. The van der Waals surface area contributed by atoms with Crippen molar-refractivity contribution >= 4 is 49.8 Å².